The second-order valence-electron chi connectivity index (χ2n) is 8.58. The first-order chi connectivity index (χ1) is 13.8. The van der Waals surface area contributed by atoms with Gasteiger partial charge in [0.2, 0.25) is 11.9 Å². The number of hydrogen-bond acceptors (Lipinski definition) is 7. The van der Waals surface area contributed by atoms with Gasteiger partial charge in [0.1, 0.15) is 11.2 Å². The van der Waals surface area contributed by atoms with Crippen molar-refractivity contribution in [3.63, 3.8) is 0 Å². The van der Waals surface area contributed by atoms with Crippen molar-refractivity contribution in [3.8, 4) is 6.07 Å². The standard InChI is InChI=1S/C20H25N7O2.ClH/c1-13-9-26(17(29)20(13,11-21)14-4-5-14)16-6-7-22-18(25-16)24-15-8-23-27(10-15)19(2,3)12-28;/h6-8,10,13-14,28H,4-5,9,12H2,1-3H3,(H,22,24,25);1H/t13-,20+;/m1./s1. The number of nitriles is 1. The fourth-order valence-electron chi connectivity index (χ4n) is 3.98. The smallest absolute Gasteiger partial charge is 0.249 e. The van der Waals surface area contributed by atoms with Crippen molar-refractivity contribution in [1.82, 2.24) is 19.7 Å². The summed E-state index contributed by atoms with van der Waals surface area (Å²) in [6.07, 6.45) is 6.85. The minimum absolute atomic E-state index is 0. The van der Waals surface area contributed by atoms with Gasteiger partial charge >= 0.3 is 0 Å². The molecule has 1 aliphatic carbocycles. The van der Waals surface area contributed by atoms with E-state index in [1.807, 2.05) is 20.8 Å². The highest BCUT2D eigenvalue weighted by Crippen LogP contribution is 2.54. The molecular formula is C20H26ClN7O2. The maximum Gasteiger partial charge on any atom is 0.249 e. The molecule has 4 rings (SSSR count). The summed E-state index contributed by atoms with van der Waals surface area (Å²) in [5, 5.41) is 26.7. The molecule has 3 heterocycles. The van der Waals surface area contributed by atoms with Crippen LogP contribution >= 0.6 is 12.4 Å². The van der Waals surface area contributed by atoms with Gasteiger partial charge in [0.05, 0.1) is 30.1 Å². The number of halogens is 1. The molecule has 2 aliphatic rings. The molecule has 0 spiro atoms. The average Bonchev–Trinajstić information content (AvgIpc) is 3.38. The monoisotopic (exact) mass is 431 g/mol. The lowest BCUT2D eigenvalue weighted by atomic mass is 9.75. The van der Waals surface area contributed by atoms with Crippen LogP contribution in [0.1, 0.15) is 33.6 Å². The van der Waals surface area contributed by atoms with E-state index in [1.165, 1.54) is 0 Å². The topological polar surface area (TPSA) is 120 Å². The molecule has 0 bridgehead atoms. The normalized spacial score (nSPS) is 23.8. The third kappa shape index (κ3) is 3.50. The molecule has 160 valence electrons. The predicted octanol–water partition coefficient (Wildman–Crippen LogP) is 2.47. The zero-order valence-corrected chi connectivity index (χ0v) is 18.1. The van der Waals surface area contributed by atoms with E-state index in [9.17, 15) is 15.2 Å². The van der Waals surface area contributed by atoms with Crippen LogP contribution in [-0.2, 0) is 10.3 Å². The summed E-state index contributed by atoms with van der Waals surface area (Å²) in [7, 11) is 0. The molecule has 10 heteroatoms. The first-order valence-corrected chi connectivity index (χ1v) is 9.81. The van der Waals surface area contributed by atoms with Crippen molar-refractivity contribution < 1.29 is 9.90 Å². The van der Waals surface area contributed by atoms with E-state index in [0.29, 0.717) is 24.0 Å². The van der Waals surface area contributed by atoms with Gasteiger partial charge in [-0.25, -0.2) is 4.98 Å². The first kappa shape index (κ1) is 22.0. The molecular weight excluding hydrogens is 406 g/mol. The highest BCUT2D eigenvalue weighted by atomic mass is 35.5. The van der Waals surface area contributed by atoms with Gasteiger partial charge in [0, 0.05) is 24.9 Å². The van der Waals surface area contributed by atoms with Crippen molar-refractivity contribution >= 4 is 35.8 Å². The third-order valence-electron chi connectivity index (χ3n) is 6.00. The second-order valence-corrected chi connectivity index (χ2v) is 8.58. The number of rotatable bonds is 6. The molecule has 0 aromatic carbocycles. The number of aromatic nitrogens is 4. The molecule has 0 unspecified atom stereocenters. The Labute approximate surface area is 181 Å². The largest absolute Gasteiger partial charge is 0.394 e. The molecule has 9 nitrogen and oxygen atoms in total. The molecule has 2 N–H and O–H groups in total. The summed E-state index contributed by atoms with van der Waals surface area (Å²) in [5.41, 5.74) is -0.783. The highest BCUT2D eigenvalue weighted by Gasteiger charge is 2.61. The number of anilines is 3. The molecule has 1 saturated heterocycles. The van der Waals surface area contributed by atoms with Crippen LogP contribution < -0.4 is 10.2 Å². The number of carbonyl (C=O) groups excluding carboxylic acids is 1. The van der Waals surface area contributed by atoms with Crippen LogP contribution in [0, 0.1) is 28.6 Å². The summed E-state index contributed by atoms with van der Waals surface area (Å²) in [6.45, 7) is 6.15. The summed E-state index contributed by atoms with van der Waals surface area (Å²) in [4.78, 5) is 23.5. The van der Waals surface area contributed by atoms with Crippen LogP contribution in [0.15, 0.2) is 24.7 Å². The first-order valence-electron chi connectivity index (χ1n) is 9.81. The van der Waals surface area contributed by atoms with Crippen LogP contribution in [0.2, 0.25) is 0 Å². The van der Waals surface area contributed by atoms with E-state index in [-0.39, 0.29) is 36.8 Å². The number of aliphatic hydroxyl groups excluding tert-OH is 1. The molecule has 0 radical (unpaired) electrons. The molecule has 1 saturated carbocycles. The Morgan fingerprint density at radius 2 is 2.17 bits per heavy atom. The van der Waals surface area contributed by atoms with E-state index in [4.69, 9.17) is 0 Å². The summed E-state index contributed by atoms with van der Waals surface area (Å²) < 4.78 is 1.67. The minimum Gasteiger partial charge on any atom is -0.394 e. The predicted molar refractivity (Wildman–Crippen MR) is 113 cm³/mol. The molecule has 1 amide bonds. The Hall–Kier alpha value is -2.70. The molecule has 2 atom stereocenters. The fourth-order valence-corrected chi connectivity index (χ4v) is 3.98. The van der Waals surface area contributed by atoms with Gasteiger partial charge in [0.15, 0.2) is 0 Å². The Balaban J connectivity index is 0.00000256. The van der Waals surface area contributed by atoms with Gasteiger partial charge in [-0.1, -0.05) is 6.92 Å². The van der Waals surface area contributed by atoms with E-state index < -0.39 is 11.0 Å². The average molecular weight is 432 g/mol. The Kier molecular flexibility index (Phi) is 5.76. The van der Waals surface area contributed by atoms with Crippen molar-refractivity contribution in [2.24, 2.45) is 17.3 Å². The zero-order chi connectivity index (χ0) is 20.8. The van der Waals surface area contributed by atoms with Crippen LogP contribution in [0.4, 0.5) is 17.5 Å². The number of hydrogen-bond donors (Lipinski definition) is 2. The number of nitrogens with zero attached hydrogens (tertiary/aromatic N) is 6. The number of aliphatic hydroxyl groups is 1. The van der Waals surface area contributed by atoms with Gasteiger partial charge in [0.25, 0.3) is 0 Å². The maximum atomic E-state index is 13.2. The lowest BCUT2D eigenvalue weighted by Crippen LogP contribution is -2.37. The molecule has 30 heavy (non-hydrogen) atoms. The lowest BCUT2D eigenvalue weighted by Gasteiger charge is -2.22. The van der Waals surface area contributed by atoms with Crippen LogP contribution in [0.5, 0.6) is 0 Å². The van der Waals surface area contributed by atoms with Crippen molar-refractivity contribution in [2.45, 2.75) is 39.2 Å². The lowest BCUT2D eigenvalue weighted by molar-refractivity contribution is -0.124. The SMILES string of the molecule is C[C@@H]1CN(c2ccnc(Nc3cnn(C(C)(C)CO)c3)n2)C(=O)[C@]1(C#N)C1CC1.Cl. The van der Waals surface area contributed by atoms with Crippen LogP contribution in [-0.4, -0.2) is 43.9 Å². The summed E-state index contributed by atoms with van der Waals surface area (Å²) in [5.74, 6) is 0.778. The Bertz CT molecular complexity index is 982. The van der Waals surface area contributed by atoms with Crippen molar-refractivity contribution in [3.05, 3.63) is 24.7 Å². The van der Waals surface area contributed by atoms with Gasteiger partial charge in [-0.3, -0.25) is 14.4 Å². The molecule has 2 aromatic heterocycles. The minimum atomic E-state index is -0.935. The molecule has 2 fully saturated rings. The van der Waals surface area contributed by atoms with E-state index in [1.54, 1.807) is 34.2 Å². The quantitative estimate of drug-likeness (QED) is 0.720. The fraction of sp³-hybridized carbons (Fsp3) is 0.550. The Morgan fingerprint density at radius 3 is 2.80 bits per heavy atom. The summed E-state index contributed by atoms with van der Waals surface area (Å²) in [6, 6.07) is 4.02. The number of amides is 1. The zero-order valence-electron chi connectivity index (χ0n) is 17.2. The molecule has 1 aliphatic heterocycles. The van der Waals surface area contributed by atoms with Gasteiger partial charge in [-0.05, 0) is 38.7 Å². The van der Waals surface area contributed by atoms with Crippen LogP contribution in [0.3, 0.4) is 0 Å². The second kappa shape index (κ2) is 7.85. The van der Waals surface area contributed by atoms with Gasteiger partial charge < -0.3 is 10.4 Å². The number of carbonyl (C=O) groups is 1. The van der Waals surface area contributed by atoms with E-state index in [0.717, 1.165) is 12.8 Å². The third-order valence-corrected chi connectivity index (χ3v) is 6.00. The van der Waals surface area contributed by atoms with Gasteiger partial charge in [-0.2, -0.15) is 15.3 Å². The maximum absolute atomic E-state index is 13.2. The van der Waals surface area contributed by atoms with Crippen molar-refractivity contribution in [2.75, 3.05) is 23.4 Å². The van der Waals surface area contributed by atoms with Crippen LogP contribution in [0.25, 0.3) is 0 Å². The summed E-state index contributed by atoms with van der Waals surface area (Å²) >= 11 is 0. The molecule has 2 aromatic rings. The highest BCUT2D eigenvalue weighted by molar-refractivity contribution is 6.02. The van der Waals surface area contributed by atoms with Gasteiger partial charge in [-0.15, -0.1) is 12.4 Å². The Morgan fingerprint density at radius 1 is 1.43 bits per heavy atom. The van der Waals surface area contributed by atoms with E-state index in [2.05, 4.69) is 26.5 Å². The van der Waals surface area contributed by atoms with Crippen molar-refractivity contribution in [1.29, 1.82) is 5.26 Å². The number of nitrogens with one attached hydrogen (secondary N) is 1. The van der Waals surface area contributed by atoms with E-state index >= 15 is 0 Å².